The Labute approximate surface area is 577 Å². The molecule has 5 aromatic carbocycles. The number of aromatic hydroxyl groups is 1. The minimum Gasteiger partial charge on any atom is -0.857 e. The molecule has 2 heterocycles. The Bertz CT molecular complexity index is 3020. The fourth-order valence-corrected chi connectivity index (χ4v) is 7.28. The maximum absolute atomic E-state index is 11.5. The molecule has 86 heavy (non-hydrogen) atoms. The van der Waals surface area contributed by atoms with Gasteiger partial charge in [0, 0.05) is 36.6 Å². The first-order valence-electron chi connectivity index (χ1n) is 22.9. The molecule has 464 valence electrons. The molecule has 0 saturated heterocycles. The molecule has 8 N–H and O–H groups in total. The van der Waals surface area contributed by atoms with E-state index in [1.54, 1.807) is 60.7 Å². The Kier molecular flexibility index (Phi) is 57.1. The van der Waals surface area contributed by atoms with Crippen LogP contribution in [0.4, 0.5) is 4.79 Å². The number of hydrogen-bond acceptors (Lipinski definition) is 19. The number of ether oxygens (including phenoxy) is 5. The van der Waals surface area contributed by atoms with E-state index in [0.29, 0.717) is 33.4 Å². The SMILES string of the molecule is CO.CO.COC(=O)C(C(=O)OC)c1ccc(Br)cc1.COC(=O)Cc1ccc(Br)cc1.COC(=O)OC.C[O-].Cl.Clc1ncnc(Cl)c1-c1ccc(Br)cc1.N=CN.O=C(O)Cc1ccc(Br)cc1.O=c1[nH]cnc(O)c1-c1ccc(Br)cc1.[Na+]. The average molecular weight is 1590 g/mol. The number of nitrogens with zero attached hydrogens (tertiary/aromatic N) is 3. The second-order valence-electron chi connectivity index (χ2n) is 14.2. The first kappa shape index (κ1) is 89.4. The number of carbonyl (C=O) groups is 5. The number of esters is 3. The normalized spacial score (nSPS) is 8.83. The monoisotopic (exact) mass is 1580 g/mol. The number of aromatic nitrogens is 4. The molecular weight excluding hydrogens is 1530 g/mol. The van der Waals surface area contributed by atoms with Crippen molar-refractivity contribution in [2.75, 3.05) is 56.9 Å². The van der Waals surface area contributed by atoms with E-state index >= 15 is 0 Å². The molecule has 0 bridgehead atoms. The van der Waals surface area contributed by atoms with Gasteiger partial charge in [0.1, 0.15) is 22.2 Å². The molecule has 7 aromatic rings. The van der Waals surface area contributed by atoms with Crippen LogP contribution in [0, 0.1) is 5.41 Å². The molecular formula is C55H61Br5Cl3N6NaO16. The molecule has 7 rings (SSSR count). The Hall–Kier alpha value is -5.37. The van der Waals surface area contributed by atoms with Crippen molar-refractivity contribution in [3.63, 3.8) is 0 Å². The third-order valence-corrected chi connectivity index (χ3v) is 12.2. The number of halogens is 8. The largest absolute Gasteiger partial charge is 1.00 e. The number of benzene rings is 5. The van der Waals surface area contributed by atoms with Crippen molar-refractivity contribution in [2.24, 2.45) is 5.73 Å². The van der Waals surface area contributed by atoms with Crippen molar-refractivity contribution in [1.82, 2.24) is 19.9 Å². The number of aliphatic carboxylic acids is 1. The Morgan fingerprint density at radius 1 is 0.593 bits per heavy atom. The third-order valence-electron chi connectivity index (χ3n) is 9.02. The number of carbonyl (C=O) groups excluding carboxylic acids is 4. The predicted molar refractivity (Wildman–Crippen MR) is 343 cm³/mol. The number of hydrogen-bond donors (Lipinski definition) is 7. The van der Waals surface area contributed by atoms with Crippen LogP contribution in [-0.2, 0) is 55.7 Å². The summed E-state index contributed by atoms with van der Waals surface area (Å²) in [5, 5.41) is 46.7. The Morgan fingerprint density at radius 2 is 0.919 bits per heavy atom. The number of aromatic amines is 1. The van der Waals surface area contributed by atoms with Gasteiger partial charge in [-0.05, 0) is 88.5 Å². The molecule has 0 atom stereocenters. The van der Waals surface area contributed by atoms with Crippen LogP contribution in [0.15, 0.2) is 161 Å². The molecule has 0 aliphatic carbocycles. The summed E-state index contributed by atoms with van der Waals surface area (Å²) in [4.78, 5) is 79.0. The van der Waals surface area contributed by atoms with E-state index in [4.69, 9.17) is 49.0 Å². The van der Waals surface area contributed by atoms with Crippen LogP contribution in [0.1, 0.15) is 22.6 Å². The fraction of sp³-hybridized carbons (Fsp3) is 0.200. The van der Waals surface area contributed by atoms with Crippen molar-refractivity contribution in [3.05, 3.63) is 194 Å². The number of rotatable bonds is 9. The van der Waals surface area contributed by atoms with Gasteiger partial charge in [-0.15, -0.1) is 12.4 Å². The van der Waals surface area contributed by atoms with Crippen LogP contribution in [0.25, 0.3) is 22.3 Å². The first-order valence-corrected chi connectivity index (χ1v) is 27.6. The van der Waals surface area contributed by atoms with Crippen molar-refractivity contribution in [3.8, 4) is 28.1 Å². The van der Waals surface area contributed by atoms with Gasteiger partial charge in [0.15, 0.2) is 5.92 Å². The minimum absolute atomic E-state index is 0. The van der Waals surface area contributed by atoms with E-state index in [1.165, 1.54) is 48.2 Å². The van der Waals surface area contributed by atoms with E-state index in [2.05, 4.69) is 129 Å². The van der Waals surface area contributed by atoms with E-state index < -0.39 is 30.0 Å². The zero-order valence-corrected chi connectivity index (χ0v) is 59.7. The molecule has 0 spiro atoms. The number of aliphatic hydroxyl groups excluding tert-OH is 2. The molecule has 31 heteroatoms. The molecule has 2 aromatic heterocycles. The van der Waals surface area contributed by atoms with Gasteiger partial charge in [0.05, 0.1) is 66.6 Å². The van der Waals surface area contributed by atoms with Gasteiger partial charge in [-0.1, -0.05) is 164 Å². The smallest absolute Gasteiger partial charge is 0.857 e. The van der Waals surface area contributed by atoms with Crippen LogP contribution in [0.3, 0.4) is 0 Å². The van der Waals surface area contributed by atoms with Crippen LogP contribution in [0.2, 0.25) is 10.3 Å². The summed E-state index contributed by atoms with van der Waals surface area (Å²) in [6, 6.07) is 36.3. The molecule has 0 radical (unpaired) electrons. The molecule has 0 unspecified atom stereocenters. The zero-order valence-electron chi connectivity index (χ0n) is 47.4. The van der Waals surface area contributed by atoms with Gasteiger partial charge in [-0.2, -0.15) is 7.11 Å². The second kappa shape index (κ2) is 55.0. The van der Waals surface area contributed by atoms with Gasteiger partial charge in [-0.25, -0.2) is 19.7 Å². The Morgan fingerprint density at radius 3 is 1.22 bits per heavy atom. The summed E-state index contributed by atoms with van der Waals surface area (Å²) < 4.78 is 26.5. The van der Waals surface area contributed by atoms with E-state index in [9.17, 15) is 33.9 Å². The fourth-order valence-electron chi connectivity index (χ4n) is 5.43. The molecule has 0 aliphatic rings. The van der Waals surface area contributed by atoms with Crippen LogP contribution >= 0.6 is 115 Å². The third kappa shape index (κ3) is 38.7. The number of methoxy groups -OCH3 is 5. The van der Waals surface area contributed by atoms with E-state index in [0.717, 1.165) is 66.7 Å². The zero-order chi connectivity index (χ0) is 64.7. The summed E-state index contributed by atoms with van der Waals surface area (Å²) in [5.74, 6) is -3.56. The maximum Gasteiger partial charge on any atom is 1.00 e. The summed E-state index contributed by atoms with van der Waals surface area (Å²) in [7, 11) is 9.12. The van der Waals surface area contributed by atoms with Crippen LogP contribution in [0.5, 0.6) is 5.88 Å². The van der Waals surface area contributed by atoms with Crippen LogP contribution < -0.4 is 46.0 Å². The van der Waals surface area contributed by atoms with Crippen molar-refractivity contribution >= 4 is 152 Å². The number of carboxylic acids is 1. The van der Waals surface area contributed by atoms with E-state index in [1.807, 2.05) is 60.7 Å². The number of aliphatic hydroxyl groups is 2. The first-order chi connectivity index (χ1) is 40.1. The van der Waals surface area contributed by atoms with Gasteiger partial charge in [-0.3, -0.25) is 29.4 Å². The number of H-pyrrole nitrogens is 1. The summed E-state index contributed by atoms with van der Waals surface area (Å²) in [6.07, 6.45) is 3.03. The summed E-state index contributed by atoms with van der Waals surface area (Å²) in [6.45, 7) is 0. The summed E-state index contributed by atoms with van der Waals surface area (Å²) in [5.41, 5.74) is 8.73. The molecule has 0 saturated carbocycles. The standard InChI is InChI=1S/C11H11BrO4.C10H5BrCl2N2.C10H7BrN2O2.C9H9BrO2.C8H7BrO2.C3H6O3.CH4N2.2CH4O.CH3O.ClH.Na/c1-15-10(13)9(11(14)16-2)7-3-5-8(12)6-4-7;11-7-3-1-6(2-4-7)8-9(12)14-5-15-10(8)13;11-7-3-1-6(2-4-7)8-9(14)12-5-13-10(8)15;1-12-9(11)6-7-2-4-8(10)5-3-7;9-7-3-1-6(2-4-7)5-8(10)11;1-5-3(4)6-2;2-1-3;3*1-2;;/h3-6,9H,1-2H3;1-5H;1-5H,(H2,12,13,14,15);2-5H,6H2,1H3;1-4H,5H2,(H,10,11);1-2H3;1H,(H3,2,3);2*2H,1H3;1H3;1H;/q;;;;;;;;;-1;;+1. The van der Waals surface area contributed by atoms with Gasteiger partial charge in [0.25, 0.3) is 5.56 Å². The number of nitrogens with two attached hydrogens (primary N) is 1. The van der Waals surface area contributed by atoms with Gasteiger partial charge in [0.2, 0.25) is 5.88 Å². The quantitative estimate of drug-likeness (QED) is 0.0138. The van der Waals surface area contributed by atoms with Gasteiger partial charge >= 0.3 is 59.6 Å². The maximum atomic E-state index is 11.5. The molecule has 0 amide bonds. The minimum atomic E-state index is -1.02. The molecule has 0 fully saturated rings. The summed E-state index contributed by atoms with van der Waals surface area (Å²) >= 11 is 28.4. The molecule has 22 nitrogen and oxygen atoms in total. The average Bonchev–Trinajstić information content (AvgIpc) is 3.36. The number of nitrogens with one attached hydrogen (secondary N) is 2. The van der Waals surface area contributed by atoms with Crippen LogP contribution in [-0.4, -0.2) is 134 Å². The molecule has 0 aliphatic heterocycles. The Balaban J connectivity index is -0.000000300. The number of carboxylic acid groups (broad SMARTS) is 1. The van der Waals surface area contributed by atoms with E-state index in [-0.39, 0.29) is 71.4 Å². The van der Waals surface area contributed by atoms with Crippen molar-refractivity contribution in [2.45, 2.75) is 18.8 Å². The second-order valence-corrected chi connectivity index (χ2v) is 19.5. The predicted octanol–water partition coefficient (Wildman–Crippen LogP) is 7.81. The van der Waals surface area contributed by atoms with Gasteiger partial charge < -0.3 is 59.9 Å². The topological polar surface area (TPSA) is 357 Å². The van der Waals surface area contributed by atoms with Crippen molar-refractivity contribution in [1.29, 1.82) is 5.41 Å². The van der Waals surface area contributed by atoms with Crippen molar-refractivity contribution < 1.29 is 103 Å².